The van der Waals surface area contributed by atoms with E-state index in [1.165, 1.54) is 0 Å². The Morgan fingerprint density at radius 1 is 1.53 bits per heavy atom. The normalized spacial score (nSPS) is 10.4. The number of Topliss-reactive ketones (excluding diaryl/α,β-unsaturated/α-hetero) is 1. The van der Waals surface area contributed by atoms with Crippen molar-refractivity contribution < 1.29 is 9.90 Å². The van der Waals surface area contributed by atoms with Gasteiger partial charge in [-0.05, 0) is 54.0 Å². The van der Waals surface area contributed by atoms with Crippen LogP contribution in [-0.4, -0.2) is 24.5 Å². The van der Waals surface area contributed by atoms with E-state index in [1.807, 2.05) is 13.8 Å². The van der Waals surface area contributed by atoms with Gasteiger partial charge in [0.25, 0.3) is 0 Å². The van der Waals surface area contributed by atoms with Crippen LogP contribution in [0.1, 0.15) is 21.5 Å². The monoisotopic (exact) mass is 271 g/mol. The van der Waals surface area contributed by atoms with Crippen LogP contribution < -0.4 is 5.32 Å². The Labute approximate surface area is 97.6 Å². The van der Waals surface area contributed by atoms with Crippen molar-refractivity contribution in [2.24, 2.45) is 0 Å². The van der Waals surface area contributed by atoms with Gasteiger partial charge in [-0.1, -0.05) is 0 Å². The maximum absolute atomic E-state index is 11.7. The first kappa shape index (κ1) is 12.2. The predicted molar refractivity (Wildman–Crippen MR) is 63.5 cm³/mol. The van der Waals surface area contributed by atoms with Gasteiger partial charge in [0.05, 0.1) is 16.6 Å². The number of hydrogen-bond donors (Lipinski definition) is 2. The molecule has 0 fully saturated rings. The van der Waals surface area contributed by atoms with Crippen LogP contribution in [0.2, 0.25) is 0 Å². The topological polar surface area (TPSA) is 49.3 Å². The van der Waals surface area contributed by atoms with Crippen molar-refractivity contribution in [2.45, 2.75) is 13.8 Å². The molecular weight excluding hydrogens is 258 g/mol. The Hall–Kier alpha value is -0.870. The smallest absolute Gasteiger partial charge is 0.180 e. The largest absolute Gasteiger partial charge is 0.506 e. The minimum absolute atomic E-state index is 0.0263. The summed E-state index contributed by atoms with van der Waals surface area (Å²) in [5.74, 6) is -0.0738. The van der Waals surface area contributed by atoms with Crippen molar-refractivity contribution in [1.82, 2.24) is 5.32 Å². The van der Waals surface area contributed by atoms with Gasteiger partial charge in [0.2, 0.25) is 0 Å². The molecule has 0 amide bonds. The van der Waals surface area contributed by atoms with Gasteiger partial charge in [-0.15, -0.1) is 0 Å². The molecule has 0 radical (unpaired) electrons. The van der Waals surface area contributed by atoms with Crippen molar-refractivity contribution >= 4 is 21.7 Å². The van der Waals surface area contributed by atoms with Crippen LogP contribution in [0.3, 0.4) is 0 Å². The average molecular weight is 272 g/mol. The molecule has 0 bridgehead atoms. The number of rotatable bonds is 3. The molecule has 0 unspecified atom stereocenters. The lowest BCUT2D eigenvalue weighted by atomic mass is 9.99. The molecule has 0 aliphatic rings. The zero-order valence-corrected chi connectivity index (χ0v) is 10.6. The third-order valence-corrected chi connectivity index (χ3v) is 2.99. The molecule has 1 aromatic carbocycles. The van der Waals surface area contributed by atoms with Crippen molar-refractivity contribution in [3.63, 3.8) is 0 Å². The van der Waals surface area contributed by atoms with Crippen molar-refractivity contribution in [2.75, 3.05) is 13.6 Å². The SMILES string of the molecule is CNCC(=O)c1c(C)c(C)cc(Br)c1O. The minimum atomic E-state index is -0.100. The molecule has 82 valence electrons. The number of nitrogens with one attached hydrogen (secondary N) is 1. The average Bonchev–Trinajstić information content (AvgIpc) is 2.16. The number of phenolic OH excluding ortho intramolecular Hbond substituents is 1. The molecule has 4 heteroatoms. The third-order valence-electron chi connectivity index (χ3n) is 2.39. The second-order valence-electron chi connectivity index (χ2n) is 3.48. The van der Waals surface area contributed by atoms with Crippen LogP contribution in [0.15, 0.2) is 10.5 Å². The zero-order valence-electron chi connectivity index (χ0n) is 9.02. The van der Waals surface area contributed by atoms with E-state index in [0.717, 1.165) is 11.1 Å². The Bertz CT molecular complexity index is 376. The summed E-state index contributed by atoms with van der Waals surface area (Å²) in [4.78, 5) is 11.7. The summed E-state index contributed by atoms with van der Waals surface area (Å²) in [5, 5.41) is 12.6. The van der Waals surface area contributed by atoms with Gasteiger partial charge in [-0.25, -0.2) is 0 Å². The fourth-order valence-electron chi connectivity index (χ4n) is 1.45. The first-order valence-corrected chi connectivity index (χ1v) is 5.44. The van der Waals surface area contributed by atoms with Gasteiger partial charge in [0, 0.05) is 0 Å². The van der Waals surface area contributed by atoms with E-state index in [9.17, 15) is 9.90 Å². The maximum atomic E-state index is 11.7. The van der Waals surface area contributed by atoms with Crippen molar-refractivity contribution in [3.8, 4) is 5.75 Å². The van der Waals surface area contributed by atoms with Crippen LogP contribution in [0.5, 0.6) is 5.75 Å². The summed E-state index contributed by atoms with van der Waals surface area (Å²) in [6, 6.07) is 1.81. The van der Waals surface area contributed by atoms with E-state index in [0.29, 0.717) is 10.0 Å². The van der Waals surface area contributed by atoms with Gasteiger partial charge in [0.15, 0.2) is 5.78 Å². The molecule has 1 aromatic rings. The highest BCUT2D eigenvalue weighted by atomic mass is 79.9. The quantitative estimate of drug-likeness (QED) is 0.829. The molecule has 0 spiro atoms. The summed E-state index contributed by atoms with van der Waals surface area (Å²) in [6.07, 6.45) is 0. The van der Waals surface area contributed by atoms with E-state index in [1.54, 1.807) is 13.1 Å². The molecule has 2 N–H and O–H groups in total. The number of halogens is 1. The standard InChI is InChI=1S/C11H14BrNO2/c1-6-4-8(12)11(15)10(7(6)2)9(14)5-13-3/h4,13,15H,5H2,1-3H3. The molecule has 0 atom stereocenters. The molecular formula is C11H14BrNO2. The van der Waals surface area contributed by atoms with Gasteiger partial charge < -0.3 is 10.4 Å². The first-order valence-electron chi connectivity index (χ1n) is 4.65. The molecule has 0 aromatic heterocycles. The molecule has 0 saturated heterocycles. The molecule has 0 aliphatic carbocycles. The number of phenols is 1. The second kappa shape index (κ2) is 4.77. The molecule has 0 aliphatic heterocycles. The lowest BCUT2D eigenvalue weighted by molar-refractivity contribution is 0.0990. The second-order valence-corrected chi connectivity index (χ2v) is 4.33. The highest BCUT2D eigenvalue weighted by molar-refractivity contribution is 9.10. The summed E-state index contributed by atoms with van der Waals surface area (Å²) < 4.78 is 0.560. The number of aryl methyl sites for hydroxylation is 1. The van der Waals surface area contributed by atoms with Crippen LogP contribution >= 0.6 is 15.9 Å². The third kappa shape index (κ3) is 2.38. The van der Waals surface area contributed by atoms with E-state index in [4.69, 9.17) is 0 Å². The van der Waals surface area contributed by atoms with Gasteiger partial charge in [-0.2, -0.15) is 0 Å². The van der Waals surface area contributed by atoms with E-state index < -0.39 is 0 Å². The van der Waals surface area contributed by atoms with Crippen LogP contribution in [0.4, 0.5) is 0 Å². The zero-order chi connectivity index (χ0) is 11.6. The fraction of sp³-hybridized carbons (Fsp3) is 0.364. The number of aromatic hydroxyl groups is 1. The highest BCUT2D eigenvalue weighted by Crippen LogP contribution is 2.32. The van der Waals surface area contributed by atoms with Crippen LogP contribution in [0, 0.1) is 13.8 Å². The van der Waals surface area contributed by atoms with Crippen molar-refractivity contribution in [1.29, 1.82) is 0 Å². The number of carbonyl (C=O) groups is 1. The molecule has 15 heavy (non-hydrogen) atoms. The Morgan fingerprint density at radius 3 is 2.67 bits per heavy atom. The molecule has 1 rings (SSSR count). The number of carbonyl (C=O) groups excluding carboxylic acids is 1. The predicted octanol–water partition coefficient (Wildman–Crippen LogP) is 2.17. The number of benzene rings is 1. The van der Waals surface area contributed by atoms with Crippen LogP contribution in [0.25, 0.3) is 0 Å². The highest BCUT2D eigenvalue weighted by Gasteiger charge is 2.17. The number of hydrogen-bond acceptors (Lipinski definition) is 3. The van der Waals surface area contributed by atoms with E-state index in [-0.39, 0.29) is 18.1 Å². The Kier molecular flexibility index (Phi) is 3.88. The van der Waals surface area contributed by atoms with E-state index >= 15 is 0 Å². The molecule has 0 saturated carbocycles. The molecule has 3 nitrogen and oxygen atoms in total. The van der Waals surface area contributed by atoms with Gasteiger partial charge in [-0.3, -0.25) is 4.79 Å². The Morgan fingerprint density at radius 2 is 2.13 bits per heavy atom. The van der Waals surface area contributed by atoms with Gasteiger partial charge in [0.1, 0.15) is 5.75 Å². The number of likely N-dealkylation sites (N-methyl/N-ethyl adjacent to an activating group) is 1. The minimum Gasteiger partial charge on any atom is -0.506 e. The lowest BCUT2D eigenvalue weighted by Gasteiger charge is -2.11. The van der Waals surface area contributed by atoms with E-state index in [2.05, 4.69) is 21.2 Å². The maximum Gasteiger partial charge on any atom is 0.180 e. The number of ketones is 1. The summed E-state index contributed by atoms with van der Waals surface area (Å²) in [7, 11) is 1.70. The fourth-order valence-corrected chi connectivity index (χ4v) is 1.99. The summed E-state index contributed by atoms with van der Waals surface area (Å²) in [6.45, 7) is 3.98. The summed E-state index contributed by atoms with van der Waals surface area (Å²) in [5.41, 5.74) is 2.21. The van der Waals surface area contributed by atoms with Gasteiger partial charge >= 0.3 is 0 Å². The Balaban J connectivity index is 3.32. The van der Waals surface area contributed by atoms with Crippen molar-refractivity contribution in [3.05, 3.63) is 27.2 Å². The first-order chi connectivity index (χ1) is 6.99. The van der Waals surface area contributed by atoms with Crippen LogP contribution in [-0.2, 0) is 0 Å². The molecule has 0 heterocycles. The lowest BCUT2D eigenvalue weighted by Crippen LogP contribution is -2.19. The summed E-state index contributed by atoms with van der Waals surface area (Å²) >= 11 is 3.23.